The fourth-order valence-corrected chi connectivity index (χ4v) is 3.10. The molecule has 2 fully saturated rings. The van der Waals surface area contributed by atoms with Crippen LogP contribution < -0.4 is 5.32 Å². The average Bonchev–Trinajstić information content (AvgIpc) is 2.88. The molecule has 0 spiro atoms. The fourth-order valence-electron chi connectivity index (χ4n) is 3.10. The molecule has 3 atom stereocenters. The molecule has 0 aromatic heterocycles. The van der Waals surface area contributed by atoms with E-state index in [1.54, 1.807) is 0 Å². The Morgan fingerprint density at radius 2 is 2.10 bits per heavy atom. The highest BCUT2D eigenvalue weighted by atomic mass is 19.4. The van der Waals surface area contributed by atoms with Crippen LogP contribution in [-0.2, 0) is 9.53 Å². The van der Waals surface area contributed by atoms with E-state index in [9.17, 15) is 23.1 Å². The quantitative estimate of drug-likeness (QED) is 0.836. The predicted molar refractivity (Wildman–Crippen MR) is 65.4 cm³/mol. The monoisotopic (exact) mass is 295 g/mol. The van der Waals surface area contributed by atoms with Crippen molar-refractivity contribution in [2.24, 2.45) is 5.92 Å². The van der Waals surface area contributed by atoms with Crippen LogP contribution in [0.15, 0.2) is 0 Å². The van der Waals surface area contributed by atoms with Crippen molar-refractivity contribution in [2.75, 3.05) is 13.2 Å². The Morgan fingerprint density at radius 1 is 1.35 bits per heavy atom. The summed E-state index contributed by atoms with van der Waals surface area (Å²) < 4.78 is 43.9. The Kier molecular flexibility index (Phi) is 4.59. The highest BCUT2D eigenvalue weighted by Gasteiger charge is 2.51. The van der Waals surface area contributed by atoms with E-state index in [4.69, 9.17) is 4.74 Å². The molecule has 1 heterocycles. The van der Waals surface area contributed by atoms with Crippen molar-refractivity contribution >= 4 is 5.97 Å². The molecule has 4 nitrogen and oxygen atoms in total. The van der Waals surface area contributed by atoms with E-state index in [1.165, 1.54) is 0 Å². The molecule has 2 aliphatic rings. The molecule has 20 heavy (non-hydrogen) atoms. The maximum Gasteiger partial charge on any atom is 0.391 e. The average molecular weight is 295 g/mol. The van der Waals surface area contributed by atoms with Gasteiger partial charge in [-0.25, -0.2) is 0 Å². The summed E-state index contributed by atoms with van der Waals surface area (Å²) in [5.74, 6) is -2.73. The molecule has 7 heteroatoms. The third kappa shape index (κ3) is 3.44. The number of carbonyl (C=O) groups is 1. The maximum atomic E-state index is 12.8. The van der Waals surface area contributed by atoms with Crippen molar-refractivity contribution in [3.8, 4) is 0 Å². The number of aliphatic carboxylic acids is 1. The van der Waals surface area contributed by atoms with Gasteiger partial charge in [0.2, 0.25) is 0 Å². The van der Waals surface area contributed by atoms with Crippen molar-refractivity contribution < 1.29 is 27.8 Å². The van der Waals surface area contributed by atoms with Crippen LogP contribution >= 0.6 is 0 Å². The SMILES string of the molecule is O=C(O)C1(NCC2CCCO2)CCCC(C(F)(F)F)C1. The van der Waals surface area contributed by atoms with Crippen LogP contribution in [0.2, 0.25) is 0 Å². The lowest BCUT2D eigenvalue weighted by Gasteiger charge is -2.39. The van der Waals surface area contributed by atoms with Crippen LogP contribution in [-0.4, -0.2) is 42.0 Å². The number of alkyl halides is 3. The second-order valence-electron chi connectivity index (χ2n) is 5.74. The topological polar surface area (TPSA) is 58.6 Å². The molecule has 2 rings (SSSR count). The normalized spacial score (nSPS) is 35.1. The summed E-state index contributed by atoms with van der Waals surface area (Å²) in [6.07, 6.45) is -2.54. The zero-order chi connectivity index (χ0) is 14.8. The van der Waals surface area contributed by atoms with Gasteiger partial charge in [0.15, 0.2) is 0 Å². The summed E-state index contributed by atoms with van der Waals surface area (Å²) in [5, 5.41) is 12.2. The van der Waals surface area contributed by atoms with Crippen molar-refractivity contribution in [2.45, 2.75) is 56.3 Å². The van der Waals surface area contributed by atoms with Gasteiger partial charge in [-0.1, -0.05) is 6.42 Å². The summed E-state index contributed by atoms with van der Waals surface area (Å²) in [7, 11) is 0. The number of ether oxygens (including phenoxy) is 1. The van der Waals surface area contributed by atoms with Crippen molar-refractivity contribution in [3.63, 3.8) is 0 Å². The molecule has 0 radical (unpaired) electrons. The minimum Gasteiger partial charge on any atom is -0.480 e. The third-order valence-corrected chi connectivity index (χ3v) is 4.32. The van der Waals surface area contributed by atoms with Gasteiger partial charge in [-0.2, -0.15) is 13.2 Å². The van der Waals surface area contributed by atoms with E-state index >= 15 is 0 Å². The van der Waals surface area contributed by atoms with E-state index in [0.717, 1.165) is 12.8 Å². The van der Waals surface area contributed by atoms with Crippen molar-refractivity contribution in [1.29, 1.82) is 0 Å². The zero-order valence-corrected chi connectivity index (χ0v) is 11.2. The molecule has 0 aromatic carbocycles. The van der Waals surface area contributed by atoms with Gasteiger partial charge in [0.05, 0.1) is 12.0 Å². The second-order valence-corrected chi connectivity index (χ2v) is 5.74. The Morgan fingerprint density at radius 3 is 2.65 bits per heavy atom. The smallest absolute Gasteiger partial charge is 0.391 e. The van der Waals surface area contributed by atoms with Gasteiger partial charge in [-0.15, -0.1) is 0 Å². The Hall–Kier alpha value is -0.820. The second kappa shape index (κ2) is 5.89. The van der Waals surface area contributed by atoms with E-state index < -0.39 is 30.0 Å². The lowest BCUT2D eigenvalue weighted by molar-refractivity contribution is -0.191. The van der Waals surface area contributed by atoms with E-state index in [2.05, 4.69) is 5.32 Å². The predicted octanol–water partition coefficient (Wildman–Crippen LogP) is 2.33. The van der Waals surface area contributed by atoms with Crippen LogP contribution in [0, 0.1) is 5.92 Å². The number of rotatable bonds is 4. The first-order valence-corrected chi connectivity index (χ1v) is 7.00. The molecule has 1 aliphatic carbocycles. The van der Waals surface area contributed by atoms with Crippen LogP contribution in [0.3, 0.4) is 0 Å². The number of halogens is 3. The first kappa shape index (κ1) is 15.6. The zero-order valence-electron chi connectivity index (χ0n) is 11.2. The highest BCUT2D eigenvalue weighted by Crippen LogP contribution is 2.42. The first-order chi connectivity index (χ1) is 9.33. The van der Waals surface area contributed by atoms with Gasteiger partial charge in [0.25, 0.3) is 0 Å². The number of nitrogens with one attached hydrogen (secondary N) is 1. The number of hydrogen-bond donors (Lipinski definition) is 2. The summed E-state index contributed by atoms with van der Waals surface area (Å²) >= 11 is 0. The standard InChI is InChI=1S/C13H20F3NO3/c14-13(15,16)9-3-1-5-12(7-9,11(18)19)17-8-10-4-2-6-20-10/h9-10,17H,1-8H2,(H,18,19). The van der Waals surface area contributed by atoms with Gasteiger partial charge >= 0.3 is 12.1 Å². The fraction of sp³-hybridized carbons (Fsp3) is 0.923. The molecule has 0 amide bonds. The Bertz CT molecular complexity index is 355. The molecule has 2 N–H and O–H groups in total. The summed E-state index contributed by atoms with van der Waals surface area (Å²) in [4.78, 5) is 11.5. The number of carboxylic acids is 1. The van der Waals surface area contributed by atoms with Crippen molar-refractivity contribution in [3.05, 3.63) is 0 Å². The Labute approximate surface area is 115 Å². The largest absolute Gasteiger partial charge is 0.480 e. The maximum absolute atomic E-state index is 12.8. The van der Waals surface area contributed by atoms with Crippen LogP contribution in [0.5, 0.6) is 0 Å². The molecular weight excluding hydrogens is 275 g/mol. The van der Waals surface area contributed by atoms with Gasteiger partial charge in [-0.05, 0) is 32.1 Å². The van der Waals surface area contributed by atoms with Crippen LogP contribution in [0.1, 0.15) is 38.5 Å². The van der Waals surface area contributed by atoms with Gasteiger partial charge in [-0.3, -0.25) is 10.1 Å². The van der Waals surface area contributed by atoms with Crippen LogP contribution in [0.25, 0.3) is 0 Å². The Balaban J connectivity index is 2.02. The van der Waals surface area contributed by atoms with E-state index in [-0.39, 0.29) is 25.4 Å². The number of carboxylic acid groups (broad SMARTS) is 1. The minimum absolute atomic E-state index is 0.0140. The molecule has 116 valence electrons. The van der Waals surface area contributed by atoms with E-state index in [0.29, 0.717) is 13.2 Å². The van der Waals surface area contributed by atoms with Crippen LogP contribution in [0.4, 0.5) is 13.2 Å². The molecule has 3 unspecified atom stereocenters. The van der Waals surface area contributed by atoms with Crippen molar-refractivity contribution in [1.82, 2.24) is 5.32 Å². The highest BCUT2D eigenvalue weighted by molar-refractivity contribution is 5.79. The lowest BCUT2D eigenvalue weighted by atomic mass is 9.75. The minimum atomic E-state index is -4.33. The van der Waals surface area contributed by atoms with Gasteiger partial charge in [0.1, 0.15) is 5.54 Å². The third-order valence-electron chi connectivity index (χ3n) is 4.32. The molecule has 1 saturated heterocycles. The first-order valence-electron chi connectivity index (χ1n) is 7.00. The summed E-state index contributed by atoms with van der Waals surface area (Å²) in [5.41, 5.74) is -1.47. The molecular formula is C13H20F3NO3. The van der Waals surface area contributed by atoms with Gasteiger partial charge in [0, 0.05) is 13.2 Å². The lowest BCUT2D eigenvalue weighted by Crippen LogP contribution is -2.57. The summed E-state index contributed by atoms with van der Waals surface area (Å²) in [6.45, 7) is 0.939. The number of hydrogen-bond acceptors (Lipinski definition) is 3. The van der Waals surface area contributed by atoms with Gasteiger partial charge < -0.3 is 9.84 Å². The molecule has 1 saturated carbocycles. The molecule has 0 bridgehead atoms. The summed E-state index contributed by atoms with van der Waals surface area (Å²) in [6, 6.07) is 0. The molecule has 1 aliphatic heterocycles. The van der Waals surface area contributed by atoms with E-state index in [1.807, 2.05) is 0 Å². The molecule has 0 aromatic rings.